The number of hydrogen-bond donors (Lipinski definition) is 4. The van der Waals surface area contributed by atoms with Crippen LogP contribution in [0.4, 0.5) is 0 Å². The van der Waals surface area contributed by atoms with Crippen molar-refractivity contribution in [3.8, 4) is 0 Å². The Morgan fingerprint density at radius 3 is 2.27 bits per heavy atom. The summed E-state index contributed by atoms with van der Waals surface area (Å²) < 4.78 is 0. The number of aliphatic hydroxyl groups is 4. The minimum Gasteiger partial charge on any atom is -0.387 e. The maximum atomic E-state index is 9.05. The summed E-state index contributed by atoms with van der Waals surface area (Å²) in [6, 6.07) is 0. The Kier molecular flexibility index (Phi) is 4.35. The van der Waals surface area contributed by atoms with Gasteiger partial charge in [0.15, 0.2) is 0 Å². The standard InChI is InChI=1S/C6H13O4S/c1-3-4(7)6(9,10)5(8)11-2/h4,7-10H,3H2,1-2H3. The largest absolute Gasteiger partial charge is 0.387 e. The maximum Gasteiger partial charge on any atom is 0.233 e. The predicted octanol–water partition coefficient (Wildman–Crippen LogP) is -0.337. The van der Waals surface area contributed by atoms with Gasteiger partial charge in [-0.2, -0.15) is 0 Å². The highest BCUT2D eigenvalue weighted by molar-refractivity contribution is 8.01. The van der Waals surface area contributed by atoms with Crippen molar-refractivity contribution in [3.05, 3.63) is 5.44 Å². The lowest BCUT2D eigenvalue weighted by atomic mass is 10.1. The molecule has 4 nitrogen and oxygen atoms in total. The van der Waals surface area contributed by atoms with E-state index in [1.807, 2.05) is 0 Å². The quantitative estimate of drug-likeness (QED) is 0.446. The highest BCUT2D eigenvalue weighted by Gasteiger charge is 2.40. The van der Waals surface area contributed by atoms with Gasteiger partial charge in [0.2, 0.25) is 11.2 Å². The number of rotatable bonds is 4. The second-order valence-corrected chi connectivity index (χ2v) is 2.95. The molecule has 0 fully saturated rings. The monoisotopic (exact) mass is 181 g/mol. The Morgan fingerprint density at radius 2 is 2.00 bits per heavy atom. The van der Waals surface area contributed by atoms with Gasteiger partial charge in [0, 0.05) is 0 Å². The first-order chi connectivity index (χ1) is 4.96. The first-order valence-corrected chi connectivity index (χ1v) is 4.42. The molecule has 0 aliphatic carbocycles. The Labute approximate surface area is 69.9 Å². The summed E-state index contributed by atoms with van der Waals surface area (Å²) in [5, 5.41) is 36.0. The van der Waals surface area contributed by atoms with Crippen molar-refractivity contribution >= 4 is 11.8 Å². The van der Waals surface area contributed by atoms with Crippen LogP contribution >= 0.6 is 11.8 Å². The minimum absolute atomic E-state index is 0.164. The third-order valence-corrected chi connectivity index (χ3v) is 2.05. The minimum atomic E-state index is -2.49. The smallest absolute Gasteiger partial charge is 0.233 e. The Balaban J connectivity index is 4.18. The van der Waals surface area contributed by atoms with Gasteiger partial charge in [0.1, 0.15) is 6.10 Å². The van der Waals surface area contributed by atoms with Crippen molar-refractivity contribution in [1.29, 1.82) is 0 Å². The number of thioether (sulfide) groups is 1. The maximum absolute atomic E-state index is 9.05. The van der Waals surface area contributed by atoms with Gasteiger partial charge >= 0.3 is 0 Å². The molecular formula is C6H13O4S. The fraction of sp³-hybridized carbons (Fsp3) is 0.833. The normalized spacial score (nSPS) is 15.5. The molecule has 0 spiro atoms. The van der Waals surface area contributed by atoms with Crippen LogP contribution in [0.2, 0.25) is 0 Å². The first kappa shape index (κ1) is 11.2. The zero-order chi connectivity index (χ0) is 9.07. The van der Waals surface area contributed by atoms with Gasteiger partial charge in [0.25, 0.3) is 0 Å². The fourth-order valence-corrected chi connectivity index (χ4v) is 1.01. The van der Waals surface area contributed by atoms with Crippen LogP contribution in [0.5, 0.6) is 0 Å². The first-order valence-electron chi connectivity index (χ1n) is 3.20. The van der Waals surface area contributed by atoms with E-state index in [1.165, 1.54) is 6.26 Å². The molecule has 11 heavy (non-hydrogen) atoms. The van der Waals surface area contributed by atoms with Gasteiger partial charge in [-0.3, -0.25) is 0 Å². The van der Waals surface area contributed by atoms with Crippen LogP contribution in [-0.4, -0.2) is 38.6 Å². The Morgan fingerprint density at radius 1 is 1.55 bits per heavy atom. The van der Waals surface area contributed by atoms with E-state index in [0.717, 1.165) is 11.8 Å². The molecule has 0 bridgehead atoms. The van der Waals surface area contributed by atoms with E-state index in [1.54, 1.807) is 6.92 Å². The molecule has 0 aromatic heterocycles. The van der Waals surface area contributed by atoms with E-state index >= 15 is 0 Å². The molecule has 1 atom stereocenters. The van der Waals surface area contributed by atoms with Gasteiger partial charge in [-0.15, -0.1) is 11.8 Å². The average molecular weight is 181 g/mol. The molecule has 0 aromatic carbocycles. The van der Waals surface area contributed by atoms with Gasteiger partial charge in [-0.1, -0.05) is 6.92 Å². The molecule has 0 aliphatic heterocycles. The van der Waals surface area contributed by atoms with Gasteiger partial charge in [-0.05, 0) is 12.7 Å². The van der Waals surface area contributed by atoms with Crippen LogP contribution in [0.25, 0.3) is 0 Å². The van der Waals surface area contributed by atoms with Crippen LogP contribution in [0.3, 0.4) is 0 Å². The zero-order valence-electron chi connectivity index (χ0n) is 6.48. The van der Waals surface area contributed by atoms with Crippen LogP contribution < -0.4 is 0 Å². The van der Waals surface area contributed by atoms with Crippen molar-refractivity contribution in [1.82, 2.24) is 0 Å². The van der Waals surface area contributed by atoms with Gasteiger partial charge < -0.3 is 20.4 Å². The van der Waals surface area contributed by atoms with Crippen LogP contribution in [-0.2, 0) is 0 Å². The van der Waals surface area contributed by atoms with Crippen molar-refractivity contribution in [2.24, 2.45) is 0 Å². The van der Waals surface area contributed by atoms with E-state index in [2.05, 4.69) is 0 Å². The Hall–Kier alpha value is 0.190. The average Bonchev–Trinajstić information content (AvgIpc) is 2.01. The van der Waals surface area contributed by atoms with Gasteiger partial charge in [-0.25, -0.2) is 0 Å². The SMILES string of the molecule is CCC(O)C(O)(O)[C](O)SC. The summed E-state index contributed by atoms with van der Waals surface area (Å²) in [5.74, 6) is -2.49. The summed E-state index contributed by atoms with van der Waals surface area (Å²) in [6.45, 7) is 1.58. The number of hydrogen-bond acceptors (Lipinski definition) is 5. The molecular weight excluding hydrogens is 168 g/mol. The lowest BCUT2D eigenvalue weighted by Gasteiger charge is -2.28. The summed E-state index contributed by atoms with van der Waals surface area (Å²) in [6.07, 6.45) is 0.297. The number of aliphatic hydroxyl groups excluding tert-OH is 2. The predicted molar refractivity (Wildman–Crippen MR) is 42.2 cm³/mol. The molecule has 0 rings (SSSR count). The lowest BCUT2D eigenvalue weighted by molar-refractivity contribution is -0.225. The van der Waals surface area contributed by atoms with Crippen molar-refractivity contribution < 1.29 is 20.4 Å². The van der Waals surface area contributed by atoms with E-state index < -0.39 is 17.3 Å². The summed E-state index contributed by atoms with van der Waals surface area (Å²) in [4.78, 5) is 0. The molecule has 0 aromatic rings. The van der Waals surface area contributed by atoms with Crippen molar-refractivity contribution in [3.63, 3.8) is 0 Å². The molecule has 0 saturated carbocycles. The molecule has 67 valence electrons. The highest BCUT2D eigenvalue weighted by atomic mass is 32.2. The van der Waals surface area contributed by atoms with Crippen LogP contribution in [0.1, 0.15) is 13.3 Å². The molecule has 1 radical (unpaired) electrons. The molecule has 0 amide bonds. The zero-order valence-corrected chi connectivity index (χ0v) is 7.30. The van der Waals surface area contributed by atoms with E-state index in [-0.39, 0.29) is 6.42 Å². The summed E-state index contributed by atoms with van der Waals surface area (Å²) >= 11 is 0.788. The fourth-order valence-electron chi connectivity index (χ4n) is 0.577. The molecule has 0 aliphatic rings. The van der Waals surface area contributed by atoms with E-state index in [4.69, 9.17) is 20.4 Å². The van der Waals surface area contributed by atoms with Crippen LogP contribution in [0.15, 0.2) is 0 Å². The van der Waals surface area contributed by atoms with Crippen LogP contribution in [0, 0.1) is 5.44 Å². The third-order valence-electron chi connectivity index (χ3n) is 1.36. The highest BCUT2D eigenvalue weighted by Crippen LogP contribution is 2.28. The van der Waals surface area contributed by atoms with Crippen molar-refractivity contribution in [2.45, 2.75) is 25.2 Å². The second-order valence-electron chi connectivity index (χ2n) is 2.16. The molecule has 1 unspecified atom stereocenters. The topological polar surface area (TPSA) is 80.9 Å². The summed E-state index contributed by atoms with van der Waals surface area (Å²) in [5.41, 5.74) is -0.591. The van der Waals surface area contributed by atoms with Gasteiger partial charge in [0.05, 0.1) is 0 Å². The Bertz CT molecular complexity index is 105. The molecule has 4 N–H and O–H groups in total. The lowest BCUT2D eigenvalue weighted by Crippen LogP contribution is -2.46. The third kappa shape index (κ3) is 2.61. The van der Waals surface area contributed by atoms with E-state index in [0.29, 0.717) is 0 Å². The molecule has 5 heteroatoms. The summed E-state index contributed by atoms with van der Waals surface area (Å²) in [7, 11) is 0. The molecule has 0 saturated heterocycles. The molecule has 0 heterocycles. The second kappa shape index (κ2) is 4.27. The van der Waals surface area contributed by atoms with Crippen molar-refractivity contribution in [2.75, 3.05) is 6.26 Å². The van der Waals surface area contributed by atoms with E-state index in [9.17, 15) is 0 Å².